The topological polar surface area (TPSA) is 30.5 Å². The van der Waals surface area contributed by atoms with Crippen LogP contribution in [0.15, 0.2) is 16.6 Å². The largest absolute Gasteiger partial charge is 0.493 e. The molecule has 0 radical (unpaired) electrons. The standard InChI is InChI=1S/C15H22BrNO2/c1-4-19-15-13(16)7-11(8-14(15)18-3)9-17-10(2)12-5-6-12/h7-8,10,12,17H,4-6,9H2,1-3H3. The van der Waals surface area contributed by atoms with Crippen molar-refractivity contribution in [1.82, 2.24) is 5.32 Å². The summed E-state index contributed by atoms with van der Waals surface area (Å²) in [6.45, 7) is 5.72. The fraction of sp³-hybridized carbons (Fsp3) is 0.600. The lowest BCUT2D eigenvalue weighted by Gasteiger charge is -2.16. The number of hydrogen-bond donors (Lipinski definition) is 1. The molecule has 106 valence electrons. The molecule has 0 bridgehead atoms. The second kappa shape index (κ2) is 6.62. The Morgan fingerprint density at radius 1 is 1.42 bits per heavy atom. The van der Waals surface area contributed by atoms with Crippen LogP contribution in [0.25, 0.3) is 0 Å². The molecule has 4 heteroatoms. The van der Waals surface area contributed by atoms with E-state index in [2.05, 4.69) is 34.2 Å². The molecule has 0 spiro atoms. The van der Waals surface area contributed by atoms with Gasteiger partial charge in [-0.2, -0.15) is 0 Å². The van der Waals surface area contributed by atoms with E-state index in [1.807, 2.05) is 13.0 Å². The van der Waals surface area contributed by atoms with Crippen molar-refractivity contribution in [3.63, 3.8) is 0 Å². The number of rotatable bonds is 7. The highest BCUT2D eigenvalue weighted by atomic mass is 79.9. The van der Waals surface area contributed by atoms with Gasteiger partial charge in [0.05, 0.1) is 18.2 Å². The second-order valence-corrected chi connectivity index (χ2v) is 5.90. The van der Waals surface area contributed by atoms with Crippen molar-refractivity contribution >= 4 is 15.9 Å². The minimum Gasteiger partial charge on any atom is -0.493 e. The third-order valence-electron chi connectivity index (χ3n) is 3.54. The van der Waals surface area contributed by atoms with Crippen molar-refractivity contribution in [2.24, 2.45) is 5.92 Å². The van der Waals surface area contributed by atoms with E-state index in [0.29, 0.717) is 12.6 Å². The van der Waals surface area contributed by atoms with Crippen LogP contribution in [0, 0.1) is 5.92 Å². The predicted octanol–water partition coefficient (Wildman–Crippen LogP) is 3.74. The van der Waals surface area contributed by atoms with Gasteiger partial charge in [0.2, 0.25) is 0 Å². The summed E-state index contributed by atoms with van der Waals surface area (Å²) < 4.78 is 11.9. The van der Waals surface area contributed by atoms with Gasteiger partial charge in [0.1, 0.15) is 0 Å². The molecule has 1 saturated carbocycles. The molecule has 1 aliphatic rings. The first-order valence-electron chi connectivity index (χ1n) is 6.88. The summed E-state index contributed by atoms with van der Waals surface area (Å²) in [5, 5.41) is 3.57. The van der Waals surface area contributed by atoms with Crippen LogP contribution in [0.4, 0.5) is 0 Å². The smallest absolute Gasteiger partial charge is 0.175 e. The summed E-state index contributed by atoms with van der Waals surface area (Å²) in [6.07, 6.45) is 2.73. The zero-order chi connectivity index (χ0) is 13.8. The van der Waals surface area contributed by atoms with Crippen molar-refractivity contribution in [3.8, 4) is 11.5 Å². The molecule has 0 aromatic heterocycles. The number of benzene rings is 1. The fourth-order valence-corrected chi connectivity index (χ4v) is 2.81. The number of nitrogens with one attached hydrogen (secondary N) is 1. The van der Waals surface area contributed by atoms with Crippen LogP contribution in [-0.4, -0.2) is 19.8 Å². The summed E-state index contributed by atoms with van der Waals surface area (Å²) >= 11 is 3.56. The van der Waals surface area contributed by atoms with Crippen molar-refractivity contribution < 1.29 is 9.47 Å². The van der Waals surface area contributed by atoms with Crippen LogP contribution in [-0.2, 0) is 6.54 Å². The van der Waals surface area contributed by atoms with Crippen LogP contribution in [0.5, 0.6) is 11.5 Å². The Morgan fingerprint density at radius 2 is 2.16 bits per heavy atom. The van der Waals surface area contributed by atoms with E-state index in [1.165, 1.54) is 18.4 Å². The van der Waals surface area contributed by atoms with Crippen LogP contribution in [0.1, 0.15) is 32.3 Å². The Labute approximate surface area is 123 Å². The first-order valence-corrected chi connectivity index (χ1v) is 7.67. The zero-order valence-corrected chi connectivity index (χ0v) is 13.4. The molecule has 0 amide bonds. The van der Waals surface area contributed by atoms with E-state index in [0.717, 1.165) is 28.4 Å². The molecule has 1 atom stereocenters. The molecule has 3 nitrogen and oxygen atoms in total. The minimum absolute atomic E-state index is 0.594. The predicted molar refractivity (Wildman–Crippen MR) is 80.9 cm³/mol. The lowest BCUT2D eigenvalue weighted by Crippen LogP contribution is -2.27. The molecule has 2 rings (SSSR count). The number of halogens is 1. The van der Waals surface area contributed by atoms with E-state index < -0.39 is 0 Å². The van der Waals surface area contributed by atoms with Crippen molar-refractivity contribution in [2.75, 3.05) is 13.7 Å². The molecule has 0 aliphatic heterocycles. The summed E-state index contributed by atoms with van der Waals surface area (Å²) in [4.78, 5) is 0. The quantitative estimate of drug-likeness (QED) is 0.827. The Hall–Kier alpha value is -0.740. The molecule has 1 unspecified atom stereocenters. The fourth-order valence-electron chi connectivity index (χ4n) is 2.20. The Bertz CT molecular complexity index is 432. The molecule has 1 aromatic carbocycles. The minimum atomic E-state index is 0.594. The molecule has 0 heterocycles. The number of methoxy groups -OCH3 is 1. The van der Waals surface area contributed by atoms with E-state index in [9.17, 15) is 0 Å². The van der Waals surface area contributed by atoms with Crippen molar-refractivity contribution in [2.45, 2.75) is 39.3 Å². The lowest BCUT2D eigenvalue weighted by atomic mass is 10.1. The monoisotopic (exact) mass is 327 g/mol. The van der Waals surface area contributed by atoms with Gasteiger partial charge in [0, 0.05) is 12.6 Å². The summed E-state index contributed by atoms with van der Waals surface area (Å²) in [5.74, 6) is 2.43. The maximum absolute atomic E-state index is 5.60. The van der Waals surface area contributed by atoms with Crippen LogP contribution in [0.2, 0.25) is 0 Å². The SMILES string of the molecule is CCOc1c(Br)cc(CNC(C)C2CC2)cc1OC. The van der Waals surface area contributed by atoms with Gasteiger partial charge in [-0.3, -0.25) is 0 Å². The van der Waals surface area contributed by atoms with E-state index >= 15 is 0 Å². The average Bonchev–Trinajstić information content (AvgIpc) is 3.23. The highest BCUT2D eigenvalue weighted by Gasteiger charge is 2.27. The molecule has 0 saturated heterocycles. The van der Waals surface area contributed by atoms with Gasteiger partial charge in [0.15, 0.2) is 11.5 Å². The van der Waals surface area contributed by atoms with Gasteiger partial charge in [-0.25, -0.2) is 0 Å². The molecule has 1 N–H and O–H groups in total. The first-order chi connectivity index (χ1) is 9.15. The number of ether oxygens (including phenoxy) is 2. The first kappa shape index (κ1) is 14.7. The lowest BCUT2D eigenvalue weighted by molar-refractivity contribution is 0.308. The maximum Gasteiger partial charge on any atom is 0.175 e. The Morgan fingerprint density at radius 3 is 2.74 bits per heavy atom. The van der Waals surface area contributed by atoms with Gasteiger partial charge in [-0.15, -0.1) is 0 Å². The highest BCUT2D eigenvalue weighted by Crippen LogP contribution is 2.37. The van der Waals surface area contributed by atoms with Crippen LogP contribution >= 0.6 is 15.9 Å². The third-order valence-corrected chi connectivity index (χ3v) is 4.12. The van der Waals surface area contributed by atoms with E-state index in [4.69, 9.17) is 9.47 Å². The third kappa shape index (κ3) is 3.86. The van der Waals surface area contributed by atoms with E-state index in [1.54, 1.807) is 7.11 Å². The molecule has 1 fully saturated rings. The Kier molecular flexibility index (Phi) is 5.11. The van der Waals surface area contributed by atoms with Crippen LogP contribution < -0.4 is 14.8 Å². The van der Waals surface area contributed by atoms with Crippen LogP contribution in [0.3, 0.4) is 0 Å². The molecular formula is C15H22BrNO2. The maximum atomic E-state index is 5.60. The summed E-state index contributed by atoms with van der Waals surface area (Å²) in [6, 6.07) is 4.74. The average molecular weight is 328 g/mol. The van der Waals surface area contributed by atoms with Gasteiger partial charge >= 0.3 is 0 Å². The number of hydrogen-bond acceptors (Lipinski definition) is 3. The second-order valence-electron chi connectivity index (χ2n) is 5.05. The highest BCUT2D eigenvalue weighted by molar-refractivity contribution is 9.10. The normalized spacial score (nSPS) is 16.2. The molecule has 1 aromatic rings. The Balaban J connectivity index is 2.05. The summed E-state index contributed by atoms with van der Waals surface area (Å²) in [5.41, 5.74) is 1.21. The van der Waals surface area contributed by atoms with Gasteiger partial charge < -0.3 is 14.8 Å². The molecule has 19 heavy (non-hydrogen) atoms. The van der Waals surface area contributed by atoms with E-state index in [-0.39, 0.29) is 0 Å². The van der Waals surface area contributed by atoms with Crippen molar-refractivity contribution in [3.05, 3.63) is 22.2 Å². The summed E-state index contributed by atoms with van der Waals surface area (Å²) in [7, 11) is 1.67. The van der Waals surface area contributed by atoms with Gasteiger partial charge in [0.25, 0.3) is 0 Å². The zero-order valence-electron chi connectivity index (χ0n) is 11.8. The van der Waals surface area contributed by atoms with Gasteiger partial charge in [-0.05, 0) is 66.2 Å². The molecule has 1 aliphatic carbocycles. The molecular weight excluding hydrogens is 306 g/mol. The van der Waals surface area contributed by atoms with Gasteiger partial charge in [-0.1, -0.05) is 0 Å². The van der Waals surface area contributed by atoms with Crippen molar-refractivity contribution in [1.29, 1.82) is 0 Å².